The molecule has 0 bridgehead atoms. The molecule has 0 aliphatic carbocycles. The molecule has 1 aromatic carbocycles. The molecule has 1 N–H and O–H groups in total. The third-order valence-corrected chi connectivity index (χ3v) is 5.46. The average molecular weight is 374 g/mol. The van der Waals surface area contributed by atoms with Crippen LogP contribution in [0.2, 0.25) is 0 Å². The Hall–Kier alpha value is -2.32. The Morgan fingerprint density at radius 1 is 1.24 bits per heavy atom. The van der Waals surface area contributed by atoms with E-state index in [-0.39, 0.29) is 11.7 Å². The van der Waals surface area contributed by atoms with Crippen LogP contribution in [0.5, 0.6) is 0 Å². The van der Waals surface area contributed by atoms with Crippen LogP contribution < -0.4 is 10.2 Å². The highest BCUT2D eigenvalue weighted by atomic mass is 32.2. The normalized spacial score (nSPS) is 10.7. The van der Waals surface area contributed by atoms with E-state index in [4.69, 9.17) is 0 Å². The van der Waals surface area contributed by atoms with Gasteiger partial charge in [0.1, 0.15) is 0 Å². The van der Waals surface area contributed by atoms with E-state index in [2.05, 4.69) is 15.5 Å². The lowest BCUT2D eigenvalue weighted by Gasteiger charge is -2.13. The lowest BCUT2D eigenvalue weighted by atomic mass is 10.2. The Balaban J connectivity index is 1.57. The lowest BCUT2D eigenvalue weighted by molar-refractivity contribution is -0.113. The molecule has 0 aliphatic heterocycles. The van der Waals surface area contributed by atoms with Gasteiger partial charge in [-0.2, -0.15) is 0 Å². The second-order valence-corrected chi connectivity index (χ2v) is 7.51. The van der Waals surface area contributed by atoms with E-state index >= 15 is 0 Å². The van der Waals surface area contributed by atoms with E-state index in [1.165, 1.54) is 11.8 Å². The molecule has 0 saturated carbocycles. The number of benzene rings is 1. The first-order valence-corrected chi connectivity index (χ1v) is 9.54. The summed E-state index contributed by atoms with van der Waals surface area (Å²) in [5, 5.41) is 14.0. The average Bonchev–Trinajstić information content (AvgIpc) is 3.23. The van der Waals surface area contributed by atoms with Gasteiger partial charge < -0.3 is 14.8 Å². The first-order chi connectivity index (χ1) is 12.0. The van der Waals surface area contributed by atoms with Crippen LogP contribution in [0, 0.1) is 0 Å². The highest BCUT2D eigenvalue weighted by Gasteiger charge is 2.13. The van der Waals surface area contributed by atoms with Crippen LogP contribution in [0.3, 0.4) is 0 Å². The number of carbonyl (C=O) groups excluding carboxylic acids is 1. The molecule has 3 aromatic rings. The van der Waals surface area contributed by atoms with Gasteiger partial charge in [0.15, 0.2) is 11.0 Å². The number of thiophene rings is 1. The van der Waals surface area contributed by atoms with E-state index in [9.17, 15) is 4.79 Å². The monoisotopic (exact) mass is 373 g/mol. The van der Waals surface area contributed by atoms with Gasteiger partial charge in [0.25, 0.3) is 0 Å². The fourth-order valence-corrected chi connectivity index (χ4v) is 3.69. The number of nitrogens with zero attached hydrogens (tertiary/aromatic N) is 4. The predicted molar refractivity (Wildman–Crippen MR) is 104 cm³/mol. The molecule has 8 heteroatoms. The van der Waals surface area contributed by atoms with Gasteiger partial charge in [-0.15, -0.1) is 21.5 Å². The number of nitrogens with one attached hydrogen (secondary N) is 1. The largest absolute Gasteiger partial charge is 0.378 e. The van der Waals surface area contributed by atoms with Crippen LogP contribution in [0.15, 0.2) is 46.9 Å². The molecular formula is C17H19N5OS2. The maximum Gasteiger partial charge on any atom is 0.234 e. The SMILES string of the molecule is CN(C)c1ccc(NC(=O)CSc2nnc(-c3cccs3)n2C)cc1. The predicted octanol–water partition coefficient (Wildman–Crippen LogP) is 3.34. The van der Waals surface area contributed by atoms with Crippen LogP contribution in [-0.2, 0) is 11.8 Å². The molecule has 0 radical (unpaired) electrons. The van der Waals surface area contributed by atoms with E-state index in [1.807, 2.05) is 72.4 Å². The van der Waals surface area contributed by atoms with Crippen molar-refractivity contribution < 1.29 is 4.79 Å². The number of hydrogen-bond acceptors (Lipinski definition) is 6. The second-order valence-electron chi connectivity index (χ2n) is 5.62. The van der Waals surface area contributed by atoms with Gasteiger partial charge in [-0.3, -0.25) is 4.79 Å². The summed E-state index contributed by atoms with van der Waals surface area (Å²) in [6.07, 6.45) is 0. The third-order valence-electron chi connectivity index (χ3n) is 3.58. The van der Waals surface area contributed by atoms with Gasteiger partial charge in [-0.25, -0.2) is 0 Å². The zero-order valence-corrected chi connectivity index (χ0v) is 15.9. The number of rotatable bonds is 6. The third kappa shape index (κ3) is 4.21. The summed E-state index contributed by atoms with van der Waals surface area (Å²) in [5.74, 6) is 1.03. The van der Waals surface area contributed by atoms with E-state index < -0.39 is 0 Å². The van der Waals surface area contributed by atoms with Crippen molar-refractivity contribution in [1.29, 1.82) is 0 Å². The number of anilines is 2. The summed E-state index contributed by atoms with van der Waals surface area (Å²) >= 11 is 2.99. The molecule has 0 atom stereocenters. The maximum absolute atomic E-state index is 12.2. The maximum atomic E-state index is 12.2. The number of amides is 1. The highest BCUT2D eigenvalue weighted by molar-refractivity contribution is 7.99. The minimum atomic E-state index is -0.0664. The highest BCUT2D eigenvalue weighted by Crippen LogP contribution is 2.26. The molecule has 0 fully saturated rings. The summed E-state index contributed by atoms with van der Waals surface area (Å²) in [7, 11) is 5.88. The molecule has 25 heavy (non-hydrogen) atoms. The topological polar surface area (TPSA) is 63.1 Å². The fourth-order valence-electron chi connectivity index (χ4n) is 2.23. The van der Waals surface area contributed by atoms with Crippen LogP contribution in [-0.4, -0.2) is 40.5 Å². The molecule has 130 valence electrons. The van der Waals surface area contributed by atoms with Crippen molar-refractivity contribution in [3.05, 3.63) is 41.8 Å². The molecule has 3 rings (SSSR count). The number of carbonyl (C=O) groups is 1. The summed E-state index contributed by atoms with van der Waals surface area (Å²) < 4.78 is 1.91. The van der Waals surface area contributed by atoms with Gasteiger partial charge >= 0.3 is 0 Å². The summed E-state index contributed by atoms with van der Waals surface area (Å²) in [6, 6.07) is 11.7. The minimum Gasteiger partial charge on any atom is -0.378 e. The molecule has 1 amide bonds. The molecule has 0 aliphatic rings. The van der Waals surface area contributed by atoms with Gasteiger partial charge in [-0.1, -0.05) is 17.8 Å². The first kappa shape index (κ1) is 17.5. The van der Waals surface area contributed by atoms with Crippen molar-refractivity contribution in [3.8, 4) is 10.7 Å². The molecular weight excluding hydrogens is 354 g/mol. The van der Waals surface area contributed by atoms with Gasteiger partial charge in [0.05, 0.1) is 10.6 Å². The van der Waals surface area contributed by atoms with E-state index in [0.29, 0.717) is 0 Å². The quantitative estimate of drug-likeness (QED) is 0.672. The Bertz CT molecular complexity index is 841. The van der Waals surface area contributed by atoms with Crippen molar-refractivity contribution in [1.82, 2.24) is 14.8 Å². The van der Waals surface area contributed by atoms with Crippen LogP contribution in [0.1, 0.15) is 0 Å². The van der Waals surface area contributed by atoms with Gasteiger partial charge in [0.2, 0.25) is 5.91 Å². The number of thioether (sulfide) groups is 1. The molecule has 0 spiro atoms. The summed E-state index contributed by atoms with van der Waals surface area (Å²) in [5.41, 5.74) is 1.88. The van der Waals surface area contributed by atoms with Crippen molar-refractivity contribution >= 4 is 40.4 Å². The lowest BCUT2D eigenvalue weighted by Crippen LogP contribution is -2.15. The number of aromatic nitrogens is 3. The first-order valence-electron chi connectivity index (χ1n) is 7.68. The van der Waals surface area contributed by atoms with Crippen molar-refractivity contribution in [2.45, 2.75) is 5.16 Å². The van der Waals surface area contributed by atoms with Crippen molar-refractivity contribution in [3.63, 3.8) is 0 Å². The standard InChI is InChI=1S/C17H19N5OS2/c1-21(2)13-8-6-12(7-9-13)18-15(23)11-25-17-20-19-16(22(17)3)14-5-4-10-24-14/h4-10H,11H2,1-3H3,(H,18,23). The van der Waals surface area contributed by atoms with Crippen LogP contribution in [0.4, 0.5) is 11.4 Å². The fraction of sp³-hybridized carbons (Fsp3) is 0.235. The molecule has 6 nitrogen and oxygen atoms in total. The van der Waals surface area contributed by atoms with Gasteiger partial charge in [-0.05, 0) is 35.7 Å². The van der Waals surface area contributed by atoms with Gasteiger partial charge in [0, 0.05) is 32.5 Å². The second kappa shape index (κ2) is 7.71. The van der Waals surface area contributed by atoms with Crippen molar-refractivity contribution in [2.75, 3.05) is 30.1 Å². The molecule has 0 saturated heterocycles. The number of hydrogen-bond donors (Lipinski definition) is 1. The summed E-state index contributed by atoms with van der Waals surface area (Å²) in [4.78, 5) is 15.2. The molecule has 2 aromatic heterocycles. The Kier molecular flexibility index (Phi) is 5.40. The Morgan fingerprint density at radius 2 is 2.00 bits per heavy atom. The van der Waals surface area contributed by atoms with Crippen molar-refractivity contribution in [2.24, 2.45) is 7.05 Å². The van der Waals surface area contributed by atoms with Crippen LogP contribution in [0.25, 0.3) is 10.7 Å². The van der Waals surface area contributed by atoms with Crippen LogP contribution >= 0.6 is 23.1 Å². The van der Waals surface area contributed by atoms with E-state index in [1.54, 1.807) is 11.3 Å². The smallest absolute Gasteiger partial charge is 0.234 e. The zero-order valence-electron chi connectivity index (χ0n) is 14.3. The molecule has 2 heterocycles. The zero-order chi connectivity index (χ0) is 17.8. The minimum absolute atomic E-state index is 0.0664. The Labute approximate surface area is 154 Å². The van der Waals surface area contributed by atoms with E-state index in [0.717, 1.165) is 27.2 Å². The summed E-state index contributed by atoms with van der Waals surface area (Å²) in [6.45, 7) is 0. The molecule has 0 unspecified atom stereocenters. The Morgan fingerprint density at radius 3 is 2.64 bits per heavy atom.